The first-order valence-electron chi connectivity index (χ1n) is 6.18. The average Bonchev–Trinajstić information content (AvgIpc) is 2.95. The molecule has 0 radical (unpaired) electrons. The number of aromatic nitrogens is 1. The van der Waals surface area contributed by atoms with Crippen LogP contribution in [-0.2, 0) is 11.3 Å². The summed E-state index contributed by atoms with van der Waals surface area (Å²) < 4.78 is 5.85. The fourth-order valence-electron chi connectivity index (χ4n) is 1.94. The molecule has 1 N–H and O–H groups in total. The molecular weight excluding hydrogens is 220 g/mol. The Morgan fingerprint density at radius 3 is 3.06 bits per heavy atom. The van der Waals surface area contributed by atoms with E-state index >= 15 is 0 Å². The van der Waals surface area contributed by atoms with Crippen molar-refractivity contribution in [2.75, 3.05) is 11.9 Å². The van der Waals surface area contributed by atoms with Crippen LogP contribution in [0.5, 0.6) is 0 Å². The molecule has 0 aliphatic heterocycles. The van der Waals surface area contributed by atoms with Gasteiger partial charge in [0.05, 0.1) is 17.6 Å². The van der Waals surface area contributed by atoms with E-state index in [4.69, 9.17) is 4.74 Å². The Morgan fingerprint density at radius 1 is 1.50 bits per heavy atom. The molecule has 3 nitrogen and oxygen atoms in total. The maximum atomic E-state index is 5.85. The Hall–Kier alpha value is -0.610. The van der Waals surface area contributed by atoms with Gasteiger partial charge in [-0.1, -0.05) is 31.1 Å². The predicted octanol–water partition coefficient (Wildman–Crippen LogP) is 3.42. The number of nitrogens with zero attached hydrogens (tertiary/aromatic N) is 1. The molecule has 1 aliphatic rings. The minimum atomic E-state index is 0.495. The molecule has 4 heteroatoms. The quantitative estimate of drug-likeness (QED) is 0.827. The summed E-state index contributed by atoms with van der Waals surface area (Å²) in [6, 6.07) is 0. The number of thiazole rings is 1. The monoisotopic (exact) mass is 240 g/mol. The first-order chi connectivity index (χ1) is 7.88. The molecule has 0 atom stereocenters. The van der Waals surface area contributed by atoms with E-state index in [-0.39, 0.29) is 0 Å². The highest BCUT2D eigenvalue weighted by atomic mass is 32.1. The van der Waals surface area contributed by atoms with Gasteiger partial charge in [-0.25, -0.2) is 4.98 Å². The number of hydrogen-bond acceptors (Lipinski definition) is 4. The van der Waals surface area contributed by atoms with E-state index in [9.17, 15) is 0 Å². The fraction of sp³-hybridized carbons (Fsp3) is 0.750. The smallest absolute Gasteiger partial charge is 0.182 e. The second kappa shape index (κ2) is 6.21. The third kappa shape index (κ3) is 3.46. The summed E-state index contributed by atoms with van der Waals surface area (Å²) in [7, 11) is 0. The van der Waals surface area contributed by atoms with E-state index in [0.29, 0.717) is 6.10 Å². The van der Waals surface area contributed by atoms with Crippen LogP contribution < -0.4 is 5.32 Å². The number of nitrogens with one attached hydrogen (secondary N) is 1. The van der Waals surface area contributed by atoms with E-state index in [2.05, 4.69) is 17.2 Å². The molecule has 0 aromatic carbocycles. The fourth-order valence-corrected chi connectivity index (χ4v) is 2.70. The predicted molar refractivity (Wildman–Crippen MR) is 67.9 cm³/mol. The largest absolute Gasteiger partial charge is 0.373 e. The second-order valence-corrected chi connectivity index (χ2v) is 5.39. The summed E-state index contributed by atoms with van der Waals surface area (Å²) in [6.45, 7) is 3.89. The molecule has 1 aromatic rings. The van der Waals surface area contributed by atoms with Gasteiger partial charge in [-0.2, -0.15) is 0 Å². The van der Waals surface area contributed by atoms with Crippen LogP contribution in [0.15, 0.2) is 6.20 Å². The molecule has 0 bridgehead atoms. The molecule has 16 heavy (non-hydrogen) atoms. The molecule has 1 heterocycles. The van der Waals surface area contributed by atoms with Crippen molar-refractivity contribution in [3.05, 3.63) is 11.1 Å². The summed E-state index contributed by atoms with van der Waals surface area (Å²) >= 11 is 1.71. The lowest BCUT2D eigenvalue weighted by Gasteiger charge is -2.08. The second-order valence-electron chi connectivity index (χ2n) is 4.28. The summed E-state index contributed by atoms with van der Waals surface area (Å²) in [4.78, 5) is 5.55. The Bertz CT molecular complexity index is 308. The van der Waals surface area contributed by atoms with Crippen molar-refractivity contribution < 1.29 is 4.74 Å². The number of rotatable bonds is 6. The van der Waals surface area contributed by atoms with Crippen molar-refractivity contribution in [3.8, 4) is 0 Å². The van der Waals surface area contributed by atoms with E-state index in [1.165, 1.54) is 30.6 Å². The van der Waals surface area contributed by atoms with Gasteiger partial charge in [-0.15, -0.1) is 0 Å². The maximum Gasteiger partial charge on any atom is 0.182 e. The topological polar surface area (TPSA) is 34.2 Å². The van der Waals surface area contributed by atoms with Crippen LogP contribution in [0, 0.1) is 0 Å². The molecular formula is C12H20N2OS. The highest BCUT2D eigenvalue weighted by Gasteiger charge is 2.15. The minimum absolute atomic E-state index is 0.495. The molecule has 0 spiro atoms. The number of anilines is 1. The zero-order chi connectivity index (χ0) is 11.2. The van der Waals surface area contributed by atoms with Crippen molar-refractivity contribution in [1.82, 2.24) is 4.98 Å². The van der Waals surface area contributed by atoms with Crippen molar-refractivity contribution in [2.45, 2.75) is 51.7 Å². The van der Waals surface area contributed by atoms with Crippen LogP contribution >= 0.6 is 11.3 Å². The first-order valence-corrected chi connectivity index (χ1v) is 7.00. The average molecular weight is 240 g/mol. The van der Waals surface area contributed by atoms with Gasteiger partial charge in [0.2, 0.25) is 0 Å². The van der Waals surface area contributed by atoms with Crippen LogP contribution in [0.25, 0.3) is 0 Å². The minimum Gasteiger partial charge on any atom is -0.373 e. The Morgan fingerprint density at radius 2 is 2.31 bits per heavy atom. The summed E-state index contributed by atoms with van der Waals surface area (Å²) in [5.41, 5.74) is 0. The molecule has 2 rings (SSSR count). The van der Waals surface area contributed by atoms with E-state index in [1.807, 2.05) is 6.20 Å². The molecule has 1 aromatic heterocycles. The van der Waals surface area contributed by atoms with Crippen LogP contribution in [-0.4, -0.2) is 17.6 Å². The van der Waals surface area contributed by atoms with Gasteiger partial charge < -0.3 is 10.1 Å². The van der Waals surface area contributed by atoms with Gasteiger partial charge in [0.25, 0.3) is 0 Å². The lowest BCUT2D eigenvalue weighted by Crippen LogP contribution is -2.06. The molecule has 1 aliphatic carbocycles. The zero-order valence-electron chi connectivity index (χ0n) is 9.87. The number of ether oxygens (including phenoxy) is 1. The zero-order valence-corrected chi connectivity index (χ0v) is 10.7. The third-order valence-corrected chi connectivity index (χ3v) is 3.77. The van der Waals surface area contributed by atoms with Crippen molar-refractivity contribution in [2.24, 2.45) is 0 Å². The molecule has 0 saturated heterocycles. The maximum absolute atomic E-state index is 5.85. The summed E-state index contributed by atoms with van der Waals surface area (Å²) in [5.74, 6) is 0. The van der Waals surface area contributed by atoms with Crippen LogP contribution in [0.4, 0.5) is 5.13 Å². The molecule has 1 fully saturated rings. The van der Waals surface area contributed by atoms with Crippen LogP contribution in [0.2, 0.25) is 0 Å². The van der Waals surface area contributed by atoms with E-state index in [1.54, 1.807) is 11.3 Å². The number of hydrogen-bond donors (Lipinski definition) is 1. The van der Waals surface area contributed by atoms with Gasteiger partial charge in [0, 0.05) is 12.7 Å². The first kappa shape index (κ1) is 11.9. The summed E-state index contributed by atoms with van der Waals surface area (Å²) in [5, 5.41) is 4.31. The highest BCUT2D eigenvalue weighted by Crippen LogP contribution is 2.24. The Balaban J connectivity index is 1.73. The van der Waals surface area contributed by atoms with Gasteiger partial charge >= 0.3 is 0 Å². The van der Waals surface area contributed by atoms with Gasteiger partial charge in [0.15, 0.2) is 5.13 Å². The molecule has 0 amide bonds. The SMILES string of the molecule is CCCNc1ncc(COC2CCCC2)s1. The van der Waals surface area contributed by atoms with Crippen molar-refractivity contribution in [1.29, 1.82) is 0 Å². The lowest BCUT2D eigenvalue weighted by molar-refractivity contribution is 0.0472. The highest BCUT2D eigenvalue weighted by molar-refractivity contribution is 7.15. The van der Waals surface area contributed by atoms with E-state index in [0.717, 1.165) is 24.7 Å². The Labute approximate surface area is 101 Å². The van der Waals surface area contributed by atoms with Gasteiger partial charge in [-0.3, -0.25) is 0 Å². The normalized spacial score (nSPS) is 16.8. The van der Waals surface area contributed by atoms with Crippen LogP contribution in [0.3, 0.4) is 0 Å². The third-order valence-electron chi connectivity index (χ3n) is 2.84. The van der Waals surface area contributed by atoms with Gasteiger partial charge in [-0.05, 0) is 19.3 Å². The summed E-state index contributed by atoms with van der Waals surface area (Å²) in [6.07, 6.45) is 8.69. The van der Waals surface area contributed by atoms with Crippen molar-refractivity contribution >= 4 is 16.5 Å². The lowest BCUT2D eigenvalue weighted by atomic mass is 10.3. The standard InChI is InChI=1S/C12H20N2OS/c1-2-7-13-12-14-8-11(16-12)9-15-10-5-3-4-6-10/h8,10H,2-7,9H2,1H3,(H,13,14). The van der Waals surface area contributed by atoms with Crippen molar-refractivity contribution in [3.63, 3.8) is 0 Å². The molecule has 0 unspecified atom stereocenters. The Kier molecular flexibility index (Phi) is 4.60. The van der Waals surface area contributed by atoms with E-state index < -0.39 is 0 Å². The molecule has 90 valence electrons. The van der Waals surface area contributed by atoms with Crippen LogP contribution in [0.1, 0.15) is 43.9 Å². The molecule has 1 saturated carbocycles. The van der Waals surface area contributed by atoms with Gasteiger partial charge in [0.1, 0.15) is 0 Å².